The molecule has 20 heavy (non-hydrogen) atoms. The zero-order valence-corrected chi connectivity index (χ0v) is 11.7. The van der Waals surface area contributed by atoms with Crippen LogP contribution in [0.15, 0.2) is 28.8 Å². The maximum absolute atomic E-state index is 9.45. The van der Waals surface area contributed by atoms with E-state index in [-0.39, 0.29) is 5.75 Å². The monoisotopic (exact) mass is 275 g/mol. The molecule has 108 valence electrons. The molecule has 1 unspecified atom stereocenters. The second-order valence-electron chi connectivity index (χ2n) is 4.95. The Balaban J connectivity index is 1.99. The second kappa shape index (κ2) is 7.05. The molecular weight excluding hydrogens is 254 g/mol. The maximum Gasteiger partial charge on any atom is 0.226 e. The van der Waals surface area contributed by atoms with Crippen LogP contribution in [-0.4, -0.2) is 21.8 Å². The molecule has 0 radical (unpaired) electrons. The van der Waals surface area contributed by atoms with E-state index < -0.39 is 0 Å². The molecule has 0 spiro atoms. The molecule has 5 nitrogen and oxygen atoms in total. The third-order valence-electron chi connectivity index (χ3n) is 3.49. The standard InChI is InChI=1S/C15H21N3O2/c1-2-11(8-9-16)6-7-14-17-15(18-20-14)12-4-3-5-13(19)10-12/h3-5,10-11,19H,2,6-9,16H2,1H3. The Hall–Kier alpha value is -1.88. The maximum atomic E-state index is 9.45. The summed E-state index contributed by atoms with van der Waals surface area (Å²) in [6.45, 7) is 2.89. The SMILES string of the molecule is CCC(CCN)CCc1nc(-c2cccc(O)c2)no1. The minimum Gasteiger partial charge on any atom is -0.508 e. The minimum atomic E-state index is 0.197. The average molecular weight is 275 g/mol. The summed E-state index contributed by atoms with van der Waals surface area (Å²) in [5.41, 5.74) is 6.35. The van der Waals surface area contributed by atoms with E-state index in [2.05, 4.69) is 17.1 Å². The number of rotatable bonds is 7. The van der Waals surface area contributed by atoms with Gasteiger partial charge in [0.2, 0.25) is 11.7 Å². The van der Waals surface area contributed by atoms with E-state index in [9.17, 15) is 5.11 Å². The van der Waals surface area contributed by atoms with E-state index in [4.69, 9.17) is 10.3 Å². The number of nitrogens with two attached hydrogens (primary N) is 1. The Morgan fingerprint density at radius 3 is 2.90 bits per heavy atom. The van der Waals surface area contributed by atoms with Gasteiger partial charge >= 0.3 is 0 Å². The first-order valence-electron chi connectivity index (χ1n) is 7.05. The Morgan fingerprint density at radius 2 is 2.20 bits per heavy atom. The van der Waals surface area contributed by atoms with E-state index in [0.29, 0.717) is 17.6 Å². The van der Waals surface area contributed by atoms with Gasteiger partial charge in [-0.2, -0.15) is 4.98 Å². The van der Waals surface area contributed by atoms with Crippen LogP contribution in [0.1, 0.15) is 32.1 Å². The number of aromatic nitrogens is 2. The topological polar surface area (TPSA) is 85.2 Å². The van der Waals surface area contributed by atoms with E-state index in [1.807, 2.05) is 6.07 Å². The molecule has 0 aliphatic rings. The normalized spacial score (nSPS) is 12.5. The Bertz CT molecular complexity index is 539. The van der Waals surface area contributed by atoms with Crippen molar-refractivity contribution >= 4 is 0 Å². The average Bonchev–Trinajstić information content (AvgIpc) is 2.92. The van der Waals surface area contributed by atoms with Crippen LogP contribution >= 0.6 is 0 Å². The molecule has 0 bridgehead atoms. The summed E-state index contributed by atoms with van der Waals surface area (Å²) in [7, 11) is 0. The van der Waals surface area contributed by atoms with Crippen molar-refractivity contribution in [3.05, 3.63) is 30.2 Å². The predicted octanol–water partition coefficient (Wildman–Crippen LogP) is 2.75. The summed E-state index contributed by atoms with van der Waals surface area (Å²) < 4.78 is 5.26. The van der Waals surface area contributed by atoms with Crippen molar-refractivity contribution in [2.24, 2.45) is 11.7 Å². The lowest BCUT2D eigenvalue weighted by molar-refractivity contribution is 0.354. The fourth-order valence-electron chi connectivity index (χ4n) is 2.23. The van der Waals surface area contributed by atoms with Gasteiger partial charge in [0, 0.05) is 12.0 Å². The van der Waals surface area contributed by atoms with Crippen molar-refractivity contribution in [1.29, 1.82) is 0 Å². The quantitative estimate of drug-likeness (QED) is 0.811. The number of phenolic OH excluding ortho intramolecular Hbond substituents is 1. The summed E-state index contributed by atoms with van der Waals surface area (Å²) in [5.74, 6) is 1.96. The molecule has 1 heterocycles. The lowest BCUT2D eigenvalue weighted by Gasteiger charge is -2.11. The summed E-state index contributed by atoms with van der Waals surface area (Å²) in [6.07, 6.45) is 3.93. The largest absolute Gasteiger partial charge is 0.508 e. The first-order chi connectivity index (χ1) is 9.72. The van der Waals surface area contributed by atoms with Crippen LogP contribution in [0, 0.1) is 5.92 Å². The molecule has 0 aliphatic carbocycles. The summed E-state index contributed by atoms with van der Waals surface area (Å²) in [4.78, 5) is 4.37. The van der Waals surface area contributed by atoms with Gasteiger partial charge in [-0.05, 0) is 37.4 Å². The summed E-state index contributed by atoms with van der Waals surface area (Å²) in [6, 6.07) is 6.84. The molecular formula is C15H21N3O2. The van der Waals surface area contributed by atoms with Gasteiger partial charge in [-0.1, -0.05) is 30.6 Å². The molecule has 0 saturated heterocycles. The van der Waals surface area contributed by atoms with Crippen molar-refractivity contribution in [3.63, 3.8) is 0 Å². The van der Waals surface area contributed by atoms with Gasteiger partial charge in [0.25, 0.3) is 0 Å². The lowest BCUT2D eigenvalue weighted by atomic mass is 9.97. The fourth-order valence-corrected chi connectivity index (χ4v) is 2.23. The van der Waals surface area contributed by atoms with Gasteiger partial charge in [0.15, 0.2) is 0 Å². The van der Waals surface area contributed by atoms with Gasteiger partial charge in [-0.15, -0.1) is 0 Å². The number of hydrogen-bond donors (Lipinski definition) is 2. The van der Waals surface area contributed by atoms with Crippen LogP contribution in [0.25, 0.3) is 11.4 Å². The van der Waals surface area contributed by atoms with Crippen molar-refractivity contribution in [2.45, 2.75) is 32.6 Å². The van der Waals surface area contributed by atoms with Crippen molar-refractivity contribution in [2.75, 3.05) is 6.54 Å². The first-order valence-corrected chi connectivity index (χ1v) is 7.05. The molecule has 1 atom stereocenters. The van der Waals surface area contributed by atoms with E-state index >= 15 is 0 Å². The van der Waals surface area contributed by atoms with Crippen molar-refractivity contribution < 1.29 is 9.63 Å². The van der Waals surface area contributed by atoms with E-state index in [1.165, 1.54) is 0 Å². The molecule has 5 heteroatoms. The van der Waals surface area contributed by atoms with Gasteiger partial charge < -0.3 is 15.4 Å². The molecule has 2 rings (SSSR count). The lowest BCUT2D eigenvalue weighted by Crippen LogP contribution is -2.09. The van der Waals surface area contributed by atoms with E-state index in [1.54, 1.807) is 18.2 Å². The number of aryl methyl sites for hydroxylation is 1. The fraction of sp³-hybridized carbons (Fsp3) is 0.467. The molecule has 0 saturated carbocycles. The Labute approximate surface area is 118 Å². The van der Waals surface area contributed by atoms with Gasteiger partial charge in [0.1, 0.15) is 5.75 Å². The highest BCUT2D eigenvalue weighted by atomic mass is 16.5. The van der Waals surface area contributed by atoms with Crippen LogP contribution in [-0.2, 0) is 6.42 Å². The third kappa shape index (κ3) is 3.81. The van der Waals surface area contributed by atoms with E-state index in [0.717, 1.165) is 37.8 Å². The zero-order chi connectivity index (χ0) is 14.4. The summed E-state index contributed by atoms with van der Waals surface area (Å²) >= 11 is 0. The zero-order valence-electron chi connectivity index (χ0n) is 11.7. The highest BCUT2D eigenvalue weighted by Gasteiger charge is 2.11. The number of benzene rings is 1. The number of hydrogen-bond acceptors (Lipinski definition) is 5. The predicted molar refractivity (Wildman–Crippen MR) is 77.2 cm³/mol. The van der Waals surface area contributed by atoms with Crippen LogP contribution in [0.2, 0.25) is 0 Å². The Kier molecular flexibility index (Phi) is 5.12. The highest BCUT2D eigenvalue weighted by molar-refractivity contribution is 5.56. The minimum absolute atomic E-state index is 0.197. The van der Waals surface area contributed by atoms with Crippen LogP contribution in [0.3, 0.4) is 0 Å². The smallest absolute Gasteiger partial charge is 0.226 e. The first kappa shape index (κ1) is 14.5. The van der Waals surface area contributed by atoms with Crippen LogP contribution in [0.5, 0.6) is 5.75 Å². The molecule has 0 aliphatic heterocycles. The van der Waals surface area contributed by atoms with Crippen LogP contribution < -0.4 is 5.73 Å². The van der Waals surface area contributed by atoms with Crippen molar-refractivity contribution in [3.8, 4) is 17.1 Å². The number of phenols is 1. The molecule has 0 amide bonds. The number of aromatic hydroxyl groups is 1. The molecule has 1 aromatic heterocycles. The highest BCUT2D eigenvalue weighted by Crippen LogP contribution is 2.21. The molecule has 0 fully saturated rings. The molecule has 3 N–H and O–H groups in total. The van der Waals surface area contributed by atoms with Gasteiger partial charge in [-0.3, -0.25) is 0 Å². The third-order valence-corrected chi connectivity index (χ3v) is 3.49. The van der Waals surface area contributed by atoms with Gasteiger partial charge in [-0.25, -0.2) is 0 Å². The second-order valence-corrected chi connectivity index (χ2v) is 4.95. The Morgan fingerprint density at radius 1 is 1.35 bits per heavy atom. The van der Waals surface area contributed by atoms with Crippen LogP contribution in [0.4, 0.5) is 0 Å². The molecule has 2 aromatic rings. The number of nitrogens with zero attached hydrogens (tertiary/aromatic N) is 2. The van der Waals surface area contributed by atoms with Gasteiger partial charge in [0.05, 0.1) is 0 Å². The summed E-state index contributed by atoms with van der Waals surface area (Å²) in [5, 5.41) is 13.4. The molecule has 1 aromatic carbocycles. The van der Waals surface area contributed by atoms with Crippen molar-refractivity contribution in [1.82, 2.24) is 10.1 Å².